The molecular weight excluding hydrogens is 309 g/mol. The number of hydrogen-bond acceptors (Lipinski definition) is 3. The molecule has 0 aliphatic rings. The number of nitrogens with one attached hydrogen (secondary N) is 1. The molecule has 7 heteroatoms. The van der Waals surface area contributed by atoms with E-state index in [1.165, 1.54) is 19.1 Å². The summed E-state index contributed by atoms with van der Waals surface area (Å²) in [5, 5.41) is 9.13. The van der Waals surface area contributed by atoms with E-state index in [9.17, 15) is 18.0 Å². The molecule has 0 unspecified atom stereocenters. The van der Waals surface area contributed by atoms with Crippen LogP contribution in [-0.2, 0) is 6.18 Å². The molecule has 2 aromatic rings. The fourth-order valence-corrected chi connectivity index (χ4v) is 2.44. The van der Waals surface area contributed by atoms with E-state index in [0.717, 1.165) is 13.2 Å². The molecule has 0 atom stereocenters. The molecule has 1 N–H and O–H groups in total. The smallest absolute Gasteiger partial charge is 0.419 e. The minimum Gasteiger partial charge on any atom is -0.496 e. The second kappa shape index (κ2) is 5.80. The van der Waals surface area contributed by atoms with E-state index in [-0.39, 0.29) is 28.0 Å². The summed E-state index contributed by atoms with van der Waals surface area (Å²) in [4.78, 5) is 14.3. The number of rotatable bonds is 2. The van der Waals surface area contributed by atoms with Crippen molar-refractivity contribution in [3.05, 3.63) is 50.9 Å². The SMILES string of the molecule is COc1c(C)cc(-c2cc(C)[nH]c(=O)c2C#N)cc1C(F)(F)F. The van der Waals surface area contributed by atoms with Crippen molar-refractivity contribution in [3.8, 4) is 22.9 Å². The average Bonchev–Trinajstić information content (AvgIpc) is 2.44. The van der Waals surface area contributed by atoms with Crippen LogP contribution < -0.4 is 10.3 Å². The summed E-state index contributed by atoms with van der Waals surface area (Å²) < 4.78 is 44.6. The first-order chi connectivity index (χ1) is 10.7. The Morgan fingerprint density at radius 3 is 2.39 bits per heavy atom. The fraction of sp³-hybridized carbons (Fsp3) is 0.250. The Bertz CT molecular complexity index is 861. The number of halogens is 3. The van der Waals surface area contributed by atoms with E-state index < -0.39 is 17.3 Å². The van der Waals surface area contributed by atoms with Gasteiger partial charge in [0.25, 0.3) is 5.56 Å². The summed E-state index contributed by atoms with van der Waals surface area (Å²) in [5.74, 6) is -0.277. The summed E-state index contributed by atoms with van der Waals surface area (Å²) in [6.07, 6.45) is -4.62. The lowest BCUT2D eigenvalue weighted by atomic mass is 9.96. The summed E-state index contributed by atoms with van der Waals surface area (Å²) in [6.45, 7) is 3.07. The van der Waals surface area contributed by atoms with Gasteiger partial charge < -0.3 is 9.72 Å². The minimum absolute atomic E-state index is 0.140. The Kier molecular flexibility index (Phi) is 4.19. The maximum absolute atomic E-state index is 13.2. The molecule has 0 spiro atoms. The Hall–Kier alpha value is -2.75. The number of aromatic amines is 1. The average molecular weight is 322 g/mol. The summed E-state index contributed by atoms with van der Waals surface area (Å²) >= 11 is 0. The highest BCUT2D eigenvalue weighted by Crippen LogP contribution is 2.41. The monoisotopic (exact) mass is 322 g/mol. The second-order valence-corrected chi connectivity index (χ2v) is 5.05. The van der Waals surface area contributed by atoms with Gasteiger partial charge in [-0.1, -0.05) is 0 Å². The van der Waals surface area contributed by atoms with Crippen molar-refractivity contribution in [2.24, 2.45) is 0 Å². The van der Waals surface area contributed by atoms with Crippen LogP contribution >= 0.6 is 0 Å². The van der Waals surface area contributed by atoms with Crippen LogP contribution in [0.3, 0.4) is 0 Å². The van der Waals surface area contributed by atoms with Gasteiger partial charge in [0.2, 0.25) is 0 Å². The molecule has 0 radical (unpaired) electrons. The van der Waals surface area contributed by atoms with E-state index in [1.54, 1.807) is 13.0 Å². The molecule has 4 nitrogen and oxygen atoms in total. The van der Waals surface area contributed by atoms with E-state index in [1.807, 2.05) is 0 Å². The van der Waals surface area contributed by atoms with Gasteiger partial charge in [0, 0.05) is 11.3 Å². The van der Waals surface area contributed by atoms with Crippen molar-refractivity contribution in [2.45, 2.75) is 20.0 Å². The number of benzene rings is 1. The number of aromatic nitrogens is 1. The van der Waals surface area contributed by atoms with Gasteiger partial charge in [-0.25, -0.2) is 0 Å². The van der Waals surface area contributed by atoms with Gasteiger partial charge in [0.15, 0.2) is 0 Å². The molecule has 0 amide bonds. The quantitative estimate of drug-likeness (QED) is 0.919. The zero-order valence-corrected chi connectivity index (χ0v) is 12.6. The molecule has 23 heavy (non-hydrogen) atoms. The summed E-state index contributed by atoms with van der Waals surface area (Å²) in [6, 6.07) is 5.56. The maximum Gasteiger partial charge on any atom is 0.419 e. The van der Waals surface area contributed by atoms with Gasteiger partial charge >= 0.3 is 6.18 Å². The molecule has 0 saturated heterocycles. The summed E-state index contributed by atoms with van der Waals surface area (Å²) in [7, 11) is 1.16. The summed E-state index contributed by atoms with van der Waals surface area (Å²) in [5.41, 5.74) is -0.800. The zero-order valence-electron chi connectivity index (χ0n) is 12.6. The molecular formula is C16H13F3N2O2. The van der Waals surface area contributed by atoms with Crippen LogP contribution in [0.4, 0.5) is 13.2 Å². The molecule has 1 heterocycles. The third-order valence-electron chi connectivity index (χ3n) is 3.37. The van der Waals surface area contributed by atoms with Gasteiger partial charge in [0.1, 0.15) is 17.4 Å². The number of H-pyrrole nitrogens is 1. The van der Waals surface area contributed by atoms with E-state index >= 15 is 0 Å². The predicted octanol–water partition coefficient (Wildman–Crippen LogP) is 3.56. The number of pyridine rings is 1. The Morgan fingerprint density at radius 2 is 1.87 bits per heavy atom. The minimum atomic E-state index is -4.62. The second-order valence-electron chi connectivity index (χ2n) is 5.05. The van der Waals surface area contributed by atoms with Crippen molar-refractivity contribution in [1.82, 2.24) is 4.98 Å². The number of aryl methyl sites for hydroxylation is 2. The van der Waals surface area contributed by atoms with E-state index in [0.29, 0.717) is 5.69 Å². The van der Waals surface area contributed by atoms with Crippen molar-refractivity contribution in [2.75, 3.05) is 7.11 Å². The normalized spacial score (nSPS) is 11.2. The highest BCUT2D eigenvalue weighted by molar-refractivity contribution is 5.73. The van der Waals surface area contributed by atoms with Gasteiger partial charge in [-0.2, -0.15) is 18.4 Å². The lowest BCUT2D eigenvalue weighted by Gasteiger charge is -2.16. The van der Waals surface area contributed by atoms with E-state index in [2.05, 4.69) is 4.98 Å². The van der Waals surface area contributed by atoms with E-state index in [4.69, 9.17) is 10.00 Å². The van der Waals surface area contributed by atoms with Gasteiger partial charge in [0.05, 0.1) is 12.7 Å². The van der Waals surface area contributed by atoms with Crippen LogP contribution in [0, 0.1) is 25.2 Å². The maximum atomic E-state index is 13.2. The van der Waals surface area contributed by atoms with Crippen molar-refractivity contribution < 1.29 is 17.9 Å². The Labute approximate surface area is 130 Å². The van der Waals surface area contributed by atoms with Crippen LogP contribution in [0.1, 0.15) is 22.4 Å². The highest BCUT2D eigenvalue weighted by atomic mass is 19.4. The number of ether oxygens (including phenoxy) is 1. The molecule has 1 aromatic carbocycles. The topological polar surface area (TPSA) is 65.9 Å². The standard InChI is InChI=1S/C16H13F3N2O2/c1-8-4-10(6-13(14(8)23-3)16(17,18)19)11-5-9(2)21-15(22)12(11)7-20/h4-6H,1-3H3,(H,21,22). The van der Waals surface area contributed by atoms with Gasteiger partial charge in [-0.15, -0.1) is 0 Å². The lowest BCUT2D eigenvalue weighted by molar-refractivity contribution is -0.138. The lowest BCUT2D eigenvalue weighted by Crippen LogP contribution is -2.13. The molecule has 2 rings (SSSR count). The van der Waals surface area contributed by atoms with Crippen LogP contribution in [0.5, 0.6) is 5.75 Å². The number of nitriles is 1. The first-order valence-electron chi connectivity index (χ1n) is 6.59. The molecule has 0 aliphatic heterocycles. The third kappa shape index (κ3) is 3.06. The Morgan fingerprint density at radius 1 is 1.22 bits per heavy atom. The molecule has 120 valence electrons. The molecule has 0 saturated carbocycles. The van der Waals surface area contributed by atoms with Crippen molar-refractivity contribution in [1.29, 1.82) is 5.26 Å². The number of alkyl halides is 3. The predicted molar refractivity (Wildman–Crippen MR) is 78.2 cm³/mol. The van der Waals surface area contributed by atoms with Crippen molar-refractivity contribution >= 4 is 0 Å². The zero-order chi connectivity index (χ0) is 17.4. The number of methoxy groups -OCH3 is 1. The highest BCUT2D eigenvalue weighted by Gasteiger charge is 2.35. The molecule has 0 aliphatic carbocycles. The van der Waals surface area contributed by atoms with Crippen LogP contribution in [0.2, 0.25) is 0 Å². The van der Waals surface area contributed by atoms with Gasteiger partial charge in [-0.05, 0) is 43.2 Å². The number of hydrogen-bond donors (Lipinski definition) is 1. The first-order valence-corrected chi connectivity index (χ1v) is 6.59. The fourth-order valence-electron chi connectivity index (χ4n) is 2.44. The molecule has 0 fully saturated rings. The van der Waals surface area contributed by atoms with Crippen LogP contribution in [0.15, 0.2) is 23.0 Å². The van der Waals surface area contributed by atoms with Gasteiger partial charge in [-0.3, -0.25) is 4.79 Å². The third-order valence-corrected chi connectivity index (χ3v) is 3.37. The van der Waals surface area contributed by atoms with Crippen LogP contribution in [0.25, 0.3) is 11.1 Å². The Balaban J connectivity index is 2.84. The first kappa shape index (κ1) is 16.6. The number of nitrogens with zero attached hydrogens (tertiary/aromatic N) is 1. The van der Waals surface area contributed by atoms with Crippen molar-refractivity contribution in [3.63, 3.8) is 0 Å². The van der Waals surface area contributed by atoms with Crippen LogP contribution in [-0.4, -0.2) is 12.1 Å². The molecule has 1 aromatic heterocycles. The largest absolute Gasteiger partial charge is 0.496 e. The molecule has 0 bridgehead atoms.